The Morgan fingerprint density at radius 1 is 0.700 bits per heavy atom. The summed E-state index contributed by atoms with van der Waals surface area (Å²) in [5, 5.41) is 0. The molecule has 0 aromatic heterocycles. The molecule has 10 heavy (non-hydrogen) atoms. The van der Waals surface area contributed by atoms with Gasteiger partial charge in [-0.05, 0) is 0 Å². The Balaban J connectivity index is 4.23. The zero-order valence-corrected chi connectivity index (χ0v) is 10.7. The molecule has 0 aliphatic carbocycles. The molecular formula is C2AlCl7. The lowest BCUT2D eigenvalue weighted by molar-refractivity contribution is 1.54. The quantitative estimate of drug-likeness (QED) is 0.468. The van der Waals surface area contributed by atoms with Crippen molar-refractivity contribution >= 4 is 92.9 Å². The van der Waals surface area contributed by atoms with Gasteiger partial charge in [-0.1, -0.05) is 0 Å². The molecule has 0 spiro atoms. The molecule has 0 rings (SSSR count). The maximum Gasteiger partial charge on any atom is 0.535 e. The predicted molar refractivity (Wildman–Crippen MR) is 52.2 cm³/mol. The maximum atomic E-state index is 5.58. The molecule has 0 unspecified atom stereocenters. The Labute approximate surface area is 97.2 Å². The molecule has 0 fully saturated rings. The molecule has 0 radical (unpaired) electrons. The van der Waals surface area contributed by atoms with Gasteiger partial charge in [-0.25, -0.2) is 10.0 Å². The second-order valence-electron chi connectivity index (χ2n) is 1.45. The minimum Gasteiger partial charge on any atom is -0.249 e. The van der Waals surface area contributed by atoms with Crippen molar-refractivity contribution in [2.75, 3.05) is 0 Å². The van der Waals surface area contributed by atoms with Crippen LogP contribution in [-0.4, -0.2) is 18.5 Å². The Morgan fingerprint density at radius 2 is 0.900 bits per heavy atom. The summed E-state index contributed by atoms with van der Waals surface area (Å²) >= 11 is 29.7. The van der Waals surface area contributed by atoms with Crippen LogP contribution in [-0.2, 0) is 0 Å². The summed E-state index contributed by atoms with van der Waals surface area (Å²) in [5.41, 5.74) is 0. The van der Waals surface area contributed by atoms with Crippen molar-refractivity contribution in [2.24, 2.45) is 0 Å². The third-order valence-electron chi connectivity index (χ3n) is 0.575. The average Bonchev–Trinajstić information content (AvgIpc) is 1.59. The van der Waals surface area contributed by atoms with Crippen LogP contribution in [0, 0.1) is 0 Å². The fourth-order valence-electron chi connectivity index (χ4n) is 0.186. The van der Waals surface area contributed by atoms with Crippen LogP contribution in [0.15, 0.2) is 0 Å². The molecule has 60 valence electrons. The third-order valence-corrected chi connectivity index (χ3v) is 9.63. The highest BCUT2D eigenvalue weighted by molar-refractivity contribution is 7.28. The van der Waals surface area contributed by atoms with Gasteiger partial charge in [-0.15, -0.1) is 69.6 Å². The lowest BCUT2D eigenvalue weighted by Crippen LogP contribution is -2.38. The van der Waals surface area contributed by atoms with Crippen molar-refractivity contribution in [2.45, 2.75) is 5.31 Å². The van der Waals surface area contributed by atoms with Crippen molar-refractivity contribution in [3.05, 3.63) is 0 Å². The van der Waals surface area contributed by atoms with E-state index in [1.807, 2.05) is 0 Å². The maximum absolute atomic E-state index is 5.58. The summed E-state index contributed by atoms with van der Waals surface area (Å²) in [7, 11) is 5.58. The topological polar surface area (TPSA) is 0 Å². The van der Waals surface area contributed by atoms with Crippen LogP contribution in [0.3, 0.4) is 0 Å². The van der Waals surface area contributed by atoms with Crippen molar-refractivity contribution in [3.63, 3.8) is 0 Å². The van der Waals surface area contributed by atoms with E-state index in [0.717, 1.165) is 0 Å². The van der Waals surface area contributed by atoms with E-state index in [1.165, 1.54) is 0 Å². The van der Waals surface area contributed by atoms with Gasteiger partial charge in [0.05, 0.1) is 0 Å². The summed E-state index contributed by atoms with van der Waals surface area (Å²) < 4.78 is -3.26. The van der Waals surface area contributed by atoms with Crippen LogP contribution in [0.25, 0.3) is 0 Å². The van der Waals surface area contributed by atoms with Crippen LogP contribution in [0.5, 0.6) is 0 Å². The van der Waals surface area contributed by atoms with Crippen LogP contribution in [0.4, 0.5) is 0 Å². The zero-order chi connectivity index (χ0) is 8.58. The van der Waals surface area contributed by atoms with E-state index in [-0.39, 0.29) is 0 Å². The number of hydrogen-bond donors (Lipinski definition) is 0. The second-order valence-corrected chi connectivity index (χ2v) is 12.1. The Hall–Kier alpha value is 2.56. The molecule has 0 saturated heterocycles. The van der Waals surface area contributed by atoms with E-state index in [4.69, 9.17) is 79.7 Å². The predicted octanol–water partition coefficient (Wildman–Crippen LogP) is 4.04. The largest absolute Gasteiger partial charge is 0.535 e. The van der Waals surface area contributed by atoms with Gasteiger partial charge in [0, 0.05) is 0 Å². The second kappa shape index (κ2) is 4.18. The number of alkyl halides is 6. The molecule has 0 aliphatic rings. The van der Waals surface area contributed by atoms with Crippen LogP contribution >= 0.6 is 79.7 Å². The van der Waals surface area contributed by atoms with Gasteiger partial charge in [0.1, 0.15) is 0 Å². The van der Waals surface area contributed by atoms with E-state index in [1.54, 1.807) is 0 Å². The van der Waals surface area contributed by atoms with E-state index in [0.29, 0.717) is 0 Å². The molecule has 0 atom stereocenters. The van der Waals surface area contributed by atoms with Gasteiger partial charge in [0.15, 0.2) is 5.31 Å². The lowest BCUT2D eigenvalue weighted by atomic mass is 11.8. The molecule has 0 N–H and O–H groups in total. The first-order chi connectivity index (χ1) is 4.15. The summed E-state index contributed by atoms with van der Waals surface area (Å²) in [6.45, 7) is 0. The minimum absolute atomic E-state index is 1.63. The van der Waals surface area contributed by atoms with Gasteiger partial charge in [-0.3, -0.25) is 0 Å². The average molecular weight is 299 g/mol. The smallest absolute Gasteiger partial charge is 0.249 e. The zero-order valence-electron chi connectivity index (χ0n) is 4.22. The van der Waals surface area contributed by atoms with E-state index in [9.17, 15) is 0 Å². The fourth-order valence-corrected chi connectivity index (χ4v) is 5.01. The highest BCUT2D eigenvalue weighted by atomic mass is 35.6. The molecule has 0 heterocycles. The molecule has 0 bridgehead atoms. The van der Waals surface area contributed by atoms with Crippen LogP contribution in [0.1, 0.15) is 0 Å². The highest BCUT2D eigenvalue weighted by Crippen LogP contribution is 2.43. The first-order valence-electron chi connectivity index (χ1n) is 1.93. The normalized spacial score (nSPS) is 13.5. The molecule has 0 saturated carbocycles. The summed E-state index contributed by atoms with van der Waals surface area (Å²) in [5.74, 6) is 0. The molecule has 0 aromatic carbocycles. The third kappa shape index (κ3) is 4.55. The van der Waals surface area contributed by atoms with Gasteiger partial charge in [0.25, 0.3) is 0 Å². The molecule has 0 aliphatic heterocycles. The molecule has 8 heteroatoms. The van der Waals surface area contributed by atoms with E-state index >= 15 is 0 Å². The van der Waals surface area contributed by atoms with Crippen molar-refractivity contribution < 1.29 is 0 Å². The van der Waals surface area contributed by atoms with Crippen LogP contribution in [0.2, 0.25) is 0 Å². The summed E-state index contributed by atoms with van der Waals surface area (Å²) in [4.78, 5) is 0. The fraction of sp³-hybridized carbons (Fsp3) is 1.00. The Morgan fingerprint density at radius 3 is 0.900 bits per heavy atom. The number of rotatable bonds is 0. The monoisotopic (exact) mass is 296 g/mol. The first kappa shape index (κ1) is 12.6. The van der Waals surface area contributed by atoms with E-state index in [2.05, 4.69) is 0 Å². The molecule has 0 nitrogen and oxygen atoms in total. The van der Waals surface area contributed by atoms with Crippen molar-refractivity contribution in [1.82, 2.24) is 0 Å². The van der Waals surface area contributed by atoms with Gasteiger partial charge in [0.2, 0.25) is 0 Å². The molecule has 0 aromatic rings. The van der Waals surface area contributed by atoms with Gasteiger partial charge >= 0.3 is 13.2 Å². The summed E-state index contributed by atoms with van der Waals surface area (Å²) in [6, 6.07) is 0. The number of hydrogen-bond acceptors (Lipinski definition) is 0. The van der Waals surface area contributed by atoms with Crippen LogP contribution < -0.4 is 0 Å². The summed E-state index contributed by atoms with van der Waals surface area (Å²) in [6.07, 6.45) is 0. The van der Waals surface area contributed by atoms with Gasteiger partial charge < -0.3 is 0 Å². The number of halogens is 7. The molecular weight excluding hydrogens is 299 g/mol. The van der Waals surface area contributed by atoms with Gasteiger partial charge in [-0.2, -0.15) is 0 Å². The van der Waals surface area contributed by atoms with Crippen molar-refractivity contribution in [3.8, 4) is 0 Å². The Bertz CT molecular complexity index is 95.8. The SMILES string of the molecule is [Cl][Al]([C](Cl)(Cl)Cl)[C](Cl)(Cl)Cl. The highest BCUT2D eigenvalue weighted by Gasteiger charge is 2.53. The first-order valence-corrected chi connectivity index (χ1v) is 7.10. The minimum atomic E-state index is -2.51. The standard InChI is InChI=1S/2CCl3.Al.ClH/c2*2-1(3)4;;/h;;;1H/q;;+1;/p-1. The van der Waals surface area contributed by atoms with Crippen molar-refractivity contribution in [1.29, 1.82) is 0 Å². The lowest BCUT2D eigenvalue weighted by Gasteiger charge is -2.19. The Kier molecular flexibility index (Phi) is 5.25. The molecule has 0 amide bonds. The van der Waals surface area contributed by atoms with E-state index < -0.39 is 18.5 Å².